The van der Waals surface area contributed by atoms with E-state index in [2.05, 4.69) is 30.5 Å². The van der Waals surface area contributed by atoms with Gasteiger partial charge in [-0.3, -0.25) is 4.79 Å². The largest absolute Gasteiger partial charge is 0.332 e. The van der Waals surface area contributed by atoms with Crippen molar-refractivity contribution in [2.45, 2.75) is 19.8 Å². The second-order valence-electron chi connectivity index (χ2n) is 6.82. The Morgan fingerprint density at radius 2 is 1.52 bits per heavy atom. The minimum Gasteiger partial charge on any atom is -0.332 e. The van der Waals surface area contributed by atoms with E-state index >= 15 is 0 Å². The number of thiocarbonyl (C=S) groups is 1. The van der Waals surface area contributed by atoms with Gasteiger partial charge in [0.05, 0.1) is 10.7 Å². The Labute approximate surface area is 186 Å². The lowest BCUT2D eigenvalue weighted by Gasteiger charge is -2.17. The zero-order chi connectivity index (χ0) is 21.0. The van der Waals surface area contributed by atoms with Crippen molar-refractivity contribution in [3.8, 4) is 0 Å². The highest BCUT2D eigenvalue weighted by Gasteiger charge is 2.18. The molecule has 0 bridgehead atoms. The highest BCUT2D eigenvalue weighted by atomic mass is 35.5. The standard InChI is InChI=1S/C23H20Cl2N2OS/c1-14(2)16-7-4-6-10-20(16)26-23(29)27-21-12-11-15(24)13-18(21)22(28)17-8-3-5-9-19(17)25/h3-14H,1-2H3,(H2,26,27,29). The number of halogens is 2. The molecule has 0 fully saturated rings. The van der Waals surface area contributed by atoms with Crippen molar-refractivity contribution in [3.63, 3.8) is 0 Å². The van der Waals surface area contributed by atoms with Gasteiger partial charge in [0.15, 0.2) is 10.9 Å². The molecule has 0 aliphatic rings. The first-order chi connectivity index (χ1) is 13.9. The van der Waals surface area contributed by atoms with Crippen molar-refractivity contribution >= 4 is 57.7 Å². The molecule has 3 aromatic carbocycles. The van der Waals surface area contributed by atoms with Crippen molar-refractivity contribution in [1.29, 1.82) is 0 Å². The van der Waals surface area contributed by atoms with Gasteiger partial charge in [0.1, 0.15) is 0 Å². The lowest BCUT2D eigenvalue weighted by Crippen LogP contribution is -2.21. The number of hydrogen-bond donors (Lipinski definition) is 2. The van der Waals surface area contributed by atoms with Crippen LogP contribution in [0.15, 0.2) is 66.7 Å². The maximum absolute atomic E-state index is 13.1. The van der Waals surface area contributed by atoms with Gasteiger partial charge in [-0.25, -0.2) is 0 Å². The number of carbonyl (C=O) groups excluding carboxylic acids is 1. The molecule has 148 valence electrons. The minimum atomic E-state index is -0.231. The van der Waals surface area contributed by atoms with Gasteiger partial charge in [-0.1, -0.05) is 67.4 Å². The Balaban J connectivity index is 1.88. The highest BCUT2D eigenvalue weighted by Crippen LogP contribution is 2.28. The number of anilines is 2. The Hall–Kier alpha value is -2.40. The van der Waals surface area contributed by atoms with Crippen LogP contribution >= 0.6 is 35.4 Å². The monoisotopic (exact) mass is 442 g/mol. The van der Waals surface area contributed by atoms with Crippen LogP contribution in [0.1, 0.15) is 41.3 Å². The molecule has 0 spiro atoms. The molecule has 3 aromatic rings. The molecule has 0 saturated heterocycles. The molecule has 0 unspecified atom stereocenters. The van der Waals surface area contributed by atoms with Gasteiger partial charge in [-0.15, -0.1) is 0 Å². The number of rotatable bonds is 5. The van der Waals surface area contributed by atoms with Gasteiger partial charge in [-0.05, 0) is 60.1 Å². The summed E-state index contributed by atoms with van der Waals surface area (Å²) in [5.41, 5.74) is 3.43. The number of nitrogens with one attached hydrogen (secondary N) is 2. The van der Waals surface area contributed by atoms with E-state index in [4.69, 9.17) is 35.4 Å². The van der Waals surface area contributed by atoms with E-state index in [-0.39, 0.29) is 5.78 Å². The molecular weight excluding hydrogens is 423 g/mol. The SMILES string of the molecule is CC(C)c1ccccc1NC(=S)Nc1ccc(Cl)cc1C(=O)c1ccccc1Cl. The van der Waals surface area contributed by atoms with E-state index in [1.54, 1.807) is 42.5 Å². The third kappa shape index (κ3) is 5.15. The van der Waals surface area contributed by atoms with Gasteiger partial charge in [0, 0.05) is 21.8 Å². The van der Waals surface area contributed by atoms with Crippen LogP contribution in [0.5, 0.6) is 0 Å². The van der Waals surface area contributed by atoms with Crippen LogP contribution in [-0.4, -0.2) is 10.9 Å². The van der Waals surface area contributed by atoms with Crippen LogP contribution in [-0.2, 0) is 0 Å². The average molecular weight is 443 g/mol. The molecule has 3 rings (SSSR count). The molecule has 0 aliphatic heterocycles. The molecule has 2 N–H and O–H groups in total. The van der Waals surface area contributed by atoms with E-state index in [1.165, 1.54) is 0 Å². The van der Waals surface area contributed by atoms with Crippen LogP contribution in [0, 0.1) is 0 Å². The summed E-state index contributed by atoms with van der Waals surface area (Å²) in [6.07, 6.45) is 0. The zero-order valence-corrected chi connectivity index (χ0v) is 18.3. The smallest absolute Gasteiger partial charge is 0.196 e. The number of ketones is 1. The van der Waals surface area contributed by atoms with Gasteiger partial charge < -0.3 is 10.6 Å². The highest BCUT2D eigenvalue weighted by molar-refractivity contribution is 7.80. The summed E-state index contributed by atoms with van der Waals surface area (Å²) >= 11 is 17.9. The summed E-state index contributed by atoms with van der Waals surface area (Å²) < 4.78 is 0. The fraction of sp³-hybridized carbons (Fsp3) is 0.130. The molecule has 6 heteroatoms. The summed E-state index contributed by atoms with van der Waals surface area (Å²) in [5, 5.41) is 7.56. The van der Waals surface area contributed by atoms with Crippen LogP contribution in [0.3, 0.4) is 0 Å². The fourth-order valence-corrected chi connectivity index (χ4v) is 3.61. The number of carbonyl (C=O) groups is 1. The molecule has 0 aromatic heterocycles. The van der Waals surface area contributed by atoms with Crippen molar-refractivity contribution < 1.29 is 4.79 Å². The van der Waals surface area contributed by atoms with E-state index in [9.17, 15) is 4.79 Å². The number of benzene rings is 3. The Morgan fingerprint density at radius 1 is 0.862 bits per heavy atom. The molecule has 29 heavy (non-hydrogen) atoms. The predicted molar refractivity (Wildman–Crippen MR) is 127 cm³/mol. The summed E-state index contributed by atoms with van der Waals surface area (Å²) in [7, 11) is 0. The third-order valence-electron chi connectivity index (χ3n) is 4.42. The molecule has 0 amide bonds. The quantitative estimate of drug-likeness (QED) is 0.324. The minimum absolute atomic E-state index is 0.231. The van der Waals surface area contributed by atoms with Gasteiger partial charge in [0.2, 0.25) is 0 Å². The maximum Gasteiger partial charge on any atom is 0.196 e. The lowest BCUT2D eigenvalue weighted by atomic mass is 10.0. The topological polar surface area (TPSA) is 41.1 Å². The van der Waals surface area contributed by atoms with Crippen molar-refractivity contribution in [2.75, 3.05) is 10.6 Å². The summed E-state index contributed by atoms with van der Waals surface area (Å²) in [6, 6.07) is 19.9. The fourth-order valence-electron chi connectivity index (χ4n) is 2.99. The first-order valence-electron chi connectivity index (χ1n) is 9.12. The summed E-state index contributed by atoms with van der Waals surface area (Å²) in [6.45, 7) is 4.24. The second-order valence-corrected chi connectivity index (χ2v) is 8.07. The molecule has 0 radical (unpaired) electrons. The molecular formula is C23H20Cl2N2OS. The van der Waals surface area contributed by atoms with Crippen molar-refractivity contribution in [2.24, 2.45) is 0 Å². The van der Waals surface area contributed by atoms with E-state index in [1.807, 2.05) is 18.2 Å². The first-order valence-corrected chi connectivity index (χ1v) is 10.3. The molecule has 3 nitrogen and oxygen atoms in total. The number of hydrogen-bond acceptors (Lipinski definition) is 2. The van der Waals surface area contributed by atoms with Crippen LogP contribution in [0.2, 0.25) is 10.0 Å². The van der Waals surface area contributed by atoms with E-state index in [0.29, 0.717) is 37.9 Å². The van der Waals surface area contributed by atoms with Crippen molar-refractivity contribution in [3.05, 3.63) is 93.5 Å². The molecule has 0 aliphatic carbocycles. The van der Waals surface area contributed by atoms with Crippen LogP contribution in [0.25, 0.3) is 0 Å². The van der Waals surface area contributed by atoms with Crippen LogP contribution < -0.4 is 10.6 Å². The third-order valence-corrected chi connectivity index (χ3v) is 5.19. The second kappa shape index (κ2) is 9.40. The number of para-hydroxylation sites is 1. The first kappa shape index (κ1) is 21.3. The van der Waals surface area contributed by atoms with Gasteiger partial charge in [-0.2, -0.15) is 0 Å². The zero-order valence-electron chi connectivity index (χ0n) is 16.0. The summed E-state index contributed by atoms with van der Waals surface area (Å²) in [5.74, 6) is 0.111. The summed E-state index contributed by atoms with van der Waals surface area (Å²) in [4.78, 5) is 13.1. The average Bonchev–Trinajstić information content (AvgIpc) is 2.69. The van der Waals surface area contributed by atoms with Gasteiger partial charge >= 0.3 is 0 Å². The van der Waals surface area contributed by atoms with Crippen LogP contribution in [0.4, 0.5) is 11.4 Å². The van der Waals surface area contributed by atoms with E-state index < -0.39 is 0 Å². The molecule has 0 atom stereocenters. The van der Waals surface area contributed by atoms with E-state index in [0.717, 1.165) is 11.3 Å². The molecule has 0 saturated carbocycles. The van der Waals surface area contributed by atoms with Crippen molar-refractivity contribution in [1.82, 2.24) is 0 Å². The maximum atomic E-state index is 13.1. The normalized spacial score (nSPS) is 10.7. The predicted octanol–water partition coefficient (Wildman–Crippen LogP) is 7.16. The molecule has 0 heterocycles. The van der Waals surface area contributed by atoms with Gasteiger partial charge in [0.25, 0.3) is 0 Å². The Bertz CT molecular complexity index is 1070. The Kier molecular flexibility index (Phi) is 6.91. The lowest BCUT2D eigenvalue weighted by molar-refractivity contribution is 0.103. The Morgan fingerprint density at radius 3 is 2.24 bits per heavy atom.